The Balaban J connectivity index is 2.35. The highest BCUT2D eigenvalue weighted by atomic mass is 32.2. The van der Waals surface area contributed by atoms with Crippen molar-refractivity contribution < 1.29 is 4.92 Å². The average Bonchev–Trinajstić information content (AvgIpc) is 2.12. The lowest BCUT2D eigenvalue weighted by Crippen LogP contribution is -2.26. The van der Waals surface area contributed by atoms with Crippen LogP contribution in [0.4, 0.5) is 0 Å². The van der Waals surface area contributed by atoms with Gasteiger partial charge in [-0.25, -0.2) is 0 Å². The summed E-state index contributed by atoms with van der Waals surface area (Å²) in [5, 5.41) is 9.93. The van der Waals surface area contributed by atoms with Crippen LogP contribution in [0, 0.1) is 10.1 Å². The zero-order chi connectivity index (χ0) is 5.98. The summed E-state index contributed by atoms with van der Waals surface area (Å²) >= 11 is 1.42. The lowest BCUT2D eigenvalue weighted by molar-refractivity contribution is -0.523. The van der Waals surface area contributed by atoms with Crippen molar-refractivity contribution in [2.24, 2.45) is 0 Å². The Morgan fingerprint density at radius 3 is 2.88 bits per heavy atom. The van der Waals surface area contributed by atoms with Crippen molar-refractivity contribution >= 4 is 11.9 Å². The molecule has 1 aliphatic rings. The van der Waals surface area contributed by atoms with Crippen LogP contribution in [0.5, 0.6) is 0 Å². The summed E-state index contributed by atoms with van der Waals surface area (Å²) in [5.41, 5.74) is 0. The minimum atomic E-state index is -0.500. The Bertz CT molecular complexity index is 101. The number of hydrogen-bond acceptors (Lipinski definition) is 4. The molecule has 1 aliphatic heterocycles. The first kappa shape index (κ1) is 5.84. The second-order valence-electron chi connectivity index (χ2n) is 1.56. The third-order valence-electron chi connectivity index (χ3n) is 0.967. The van der Waals surface area contributed by atoms with Crippen LogP contribution in [0.1, 0.15) is 6.42 Å². The molecule has 1 fully saturated rings. The molecule has 0 spiro atoms. The molecule has 0 saturated carbocycles. The van der Waals surface area contributed by atoms with E-state index in [1.165, 1.54) is 11.9 Å². The smallest absolute Gasteiger partial charge is 0.263 e. The van der Waals surface area contributed by atoms with Crippen LogP contribution in [0.15, 0.2) is 0 Å². The molecule has 0 aromatic heterocycles. The van der Waals surface area contributed by atoms with Gasteiger partial charge < -0.3 is 0 Å². The summed E-state index contributed by atoms with van der Waals surface area (Å²) in [6.45, 7) is 0. The standard InChI is InChI=1S/C3H6N2O2S/c6-5(7)3-1-2-8-4-3/h3-4H,1-2H2. The summed E-state index contributed by atoms with van der Waals surface area (Å²) in [6.07, 6.45) is 0.150. The molecule has 1 rings (SSSR count). The first-order valence-electron chi connectivity index (χ1n) is 2.31. The maximum Gasteiger partial charge on any atom is 0.275 e. The van der Waals surface area contributed by atoms with Crippen molar-refractivity contribution in [3.05, 3.63) is 10.1 Å². The second kappa shape index (κ2) is 2.32. The summed E-state index contributed by atoms with van der Waals surface area (Å²) in [6, 6.07) is 0. The Labute approximate surface area is 50.9 Å². The molecular weight excluding hydrogens is 128 g/mol. The third-order valence-corrected chi connectivity index (χ3v) is 1.85. The van der Waals surface area contributed by atoms with Crippen LogP contribution in [0.25, 0.3) is 0 Å². The first-order valence-corrected chi connectivity index (χ1v) is 3.30. The molecule has 5 heteroatoms. The van der Waals surface area contributed by atoms with Gasteiger partial charge in [-0.15, -0.1) is 0 Å². The third kappa shape index (κ3) is 1.10. The largest absolute Gasteiger partial charge is 0.275 e. The molecule has 1 N–H and O–H groups in total. The Morgan fingerprint density at radius 2 is 2.62 bits per heavy atom. The average molecular weight is 134 g/mol. The van der Waals surface area contributed by atoms with Crippen LogP contribution in [0.2, 0.25) is 0 Å². The highest BCUT2D eigenvalue weighted by Gasteiger charge is 2.23. The zero-order valence-electron chi connectivity index (χ0n) is 4.16. The van der Waals surface area contributed by atoms with E-state index in [1.807, 2.05) is 0 Å². The maximum atomic E-state index is 9.93. The summed E-state index contributed by atoms with van der Waals surface area (Å²) in [4.78, 5) is 9.64. The number of nitro groups is 1. The number of rotatable bonds is 1. The quantitative estimate of drug-likeness (QED) is 0.317. The molecule has 0 radical (unpaired) electrons. The molecule has 1 saturated heterocycles. The second-order valence-corrected chi connectivity index (χ2v) is 2.49. The van der Waals surface area contributed by atoms with E-state index < -0.39 is 6.17 Å². The molecule has 8 heavy (non-hydrogen) atoms. The van der Waals surface area contributed by atoms with E-state index in [0.717, 1.165) is 5.75 Å². The van der Waals surface area contributed by atoms with Gasteiger partial charge in [0.2, 0.25) is 0 Å². The number of nitrogens with zero attached hydrogens (tertiary/aromatic N) is 1. The van der Waals surface area contributed by atoms with Crippen LogP contribution in [-0.4, -0.2) is 16.8 Å². The van der Waals surface area contributed by atoms with Gasteiger partial charge >= 0.3 is 0 Å². The van der Waals surface area contributed by atoms with Crippen molar-refractivity contribution in [1.82, 2.24) is 4.72 Å². The first-order chi connectivity index (χ1) is 3.80. The van der Waals surface area contributed by atoms with Crippen molar-refractivity contribution in [3.63, 3.8) is 0 Å². The number of nitrogens with one attached hydrogen (secondary N) is 1. The lowest BCUT2D eigenvalue weighted by atomic mass is 10.4. The van der Waals surface area contributed by atoms with Crippen molar-refractivity contribution in [2.75, 3.05) is 5.75 Å². The van der Waals surface area contributed by atoms with Gasteiger partial charge in [-0.3, -0.25) is 10.1 Å². The fraction of sp³-hybridized carbons (Fsp3) is 1.00. The van der Waals surface area contributed by atoms with Gasteiger partial charge in [0.1, 0.15) is 0 Å². The lowest BCUT2D eigenvalue weighted by Gasteiger charge is -1.95. The maximum absolute atomic E-state index is 9.93. The van der Waals surface area contributed by atoms with E-state index in [1.54, 1.807) is 0 Å². The van der Waals surface area contributed by atoms with E-state index in [4.69, 9.17) is 0 Å². The highest BCUT2D eigenvalue weighted by Crippen LogP contribution is 2.11. The molecular formula is C3H6N2O2S. The monoisotopic (exact) mass is 134 g/mol. The van der Waals surface area contributed by atoms with E-state index in [2.05, 4.69) is 4.72 Å². The van der Waals surface area contributed by atoms with Crippen molar-refractivity contribution in [2.45, 2.75) is 12.6 Å². The Morgan fingerprint density at radius 1 is 1.88 bits per heavy atom. The van der Waals surface area contributed by atoms with Crippen molar-refractivity contribution in [3.8, 4) is 0 Å². The van der Waals surface area contributed by atoms with E-state index >= 15 is 0 Å². The van der Waals surface area contributed by atoms with E-state index in [9.17, 15) is 10.1 Å². The van der Waals surface area contributed by atoms with Crippen LogP contribution >= 0.6 is 11.9 Å². The van der Waals surface area contributed by atoms with Gasteiger partial charge in [0.05, 0.1) is 0 Å². The molecule has 0 aromatic carbocycles. The fourth-order valence-electron chi connectivity index (χ4n) is 0.533. The van der Waals surface area contributed by atoms with E-state index in [0.29, 0.717) is 6.42 Å². The topological polar surface area (TPSA) is 55.2 Å². The predicted octanol–water partition coefficient (Wildman–Crippen LogP) is 0.231. The van der Waals surface area contributed by atoms with Gasteiger partial charge in [-0.2, -0.15) is 4.72 Å². The summed E-state index contributed by atoms with van der Waals surface area (Å²) in [7, 11) is 0. The Kier molecular flexibility index (Phi) is 1.69. The van der Waals surface area contributed by atoms with Gasteiger partial charge in [0, 0.05) is 17.1 Å². The molecule has 1 unspecified atom stereocenters. The van der Waals surface area contributed by atoms with Gasteiger partial charge in [0.25, 0.3) is 6.17 Å². The molecule has 0 bridgehead atoms. The molecule has 0 aliphatic carbocycles. The fourth-order valence-corrected chi connectivity index (χ4v) is 1.39. The molecule has 46 valence electrons. The Hall–Kier alpha value is -0.290. The molecule has 0 amide bonds. The van der Waals surface area contributed by atoms with Crippen LogP contribution < -0.4 is 4.72 Å². The molecule has 4 nitrogen and oxygen atoms in total. The summed E-state index contributed by atoms with van der Waals surface area (Å²) in [5.74, 6) is 0.853. The summed E-state index contributed by atoms with van der Waals surface area (Å²) < 4.78 is 2.67. The highest BCUT2D eigenvalue weighted by molar-refractivity contribution is 7.97. The van der Waals surface area contributed by atoms with Gasteiger partial charge in [-0.05, 0) is 0 Å². The minimum Gasteiger partial charge on any atom is -0.263 e. The van der Waals surface area contributed by atoms with Gasteiger partial charge in [-0.1, -0.05) is 11.9 Å². The molecule has 1 heterocycles. The normalized spacial score (nSPS) is 28.2. The minimum absolute atomic E-state index is 0.292. The van der Waals surface area contributed by atoms with Gasteiger partial charge in [0.15, 0.2) is 0 Å². The van der Waals surface area contributed by atoms with Crippen molar-refractivity contribution in [1.29, 1.82) is 0 Å². The molecule has 1 atom stereocenters. The zero-order valence-corrected chi connectivity index (χ0v) is 4.98. The van der Waals surface area contributed by atoms with Crippen LogP contribution in [0.3, 0.4) is 0 Å². The molecule has 0 aromatic rings. The SMILES string of the molecule is O=[N+]([O-])C1CCSN1. The number of hydrogen-bond donors (Lipinski definition) is 1. The van der Waals surface area contributed by atoms with Crippen LogP contribution in [-0.2, 0) is 0 Å². The predicted molar refractivity (Wildman–Crippen MR) is 31.0 cm³/mol. The van der Waals surface area contributed by atoms with E-state index in [-0.39, 0.29) is 4.92 Å².